The van der Waals surface area contributed by atoms with Crippen LogP contribution in [-0.4, -0.2) is 6.71 Å². The van der Waals surface area contributed by atoms with Gasteiger partial charge in [-0.1, -0.05) is 130 Å². The van der Waals surface area contributed by atoms with Gasteiger partial charge in [-0.05, 0) is 153 Å². The van der Waals surface area contributed by atoms with Crippen LogP contribution in [0, 0.1) is 0 Å². The van der Waals surface area contributed by atoms with Crippen molar-refractivity contribution in [3.8, 4) is 11.1 Å². The summed E-state index contributed by atoms with van der Waals surface area (Å²) in [5, 5.41) is 1.35. The predicted molar refractivity (Wildman–Crippen MR) is 263 cm³/mol. The first-order chi connectivity index (χ1) is 28.7. The first kappa shape index (κ1) is 39.1. The van der Waals surface area contributed by atoms with Crippen LogP contribution in [0.25, 0.3) is 21.2 Å². The van der Waals surface area contributed by atoms with Gasteiger partial charge < -0.3 is 9.80 Å². The fourth-order valence-electron chi connectivity index (χ4n) is 10.2. The van der Waals surface area contributed by atoms with Gasteiger partial charge in [0, 0.05) is 43.2 Å². The second-order valence-electron chi connectivity index (χ2n) is 20.4. The van der Waals surface area contributed by atoms with Crippen LogP contribution in [0.2, 0.25) is 0 Å². The van der Waals surface area contributed by atoms with Crippen molar-refractivity contribution >= 4 is 78.0 Å². The molecule has 0 unspecified atom stereocenters. The maximum absolute atomic E-state index is 2.65. The smallest absolute Gasteiger partial charge is 0.264 e. The molecule has 2 nitrogen and oxygen atoms in total. The summed E-state index contributed by atoms with van der Waals surface area (Å²) in [4.78, 5) is 5.27. The highest BCUT2D eigenvalue weighted by atomic mass is 32.1. The SMILES string of the molecule is CCc1ccc(N2c3cccc4c3B(c3cc(C(C)(C)CC)ccc3N4c3ccc(C(C)(C)C)cc3-c3cccc4c3CCC4)c3sc4ccc(C(C)(C)C)cc4c32)cc1. The molecule has 1 aromatic heterocycles. The average molecular weight is 803 g/mol. The zero-order valence-corrected chi connectivity index (χ0v) is 38.2. The number of hydrogen-bond acceptors (Lipinski definition) is 3. The van der Waals surface area contributed by atoms with Crippen LogP contribution in [0.15, 0.2) is 115 Å². The van der Waals surface area contributed by atoms with Crippen LogP contribution >= 0.6 is 11.3 Å². The lowest BCUT2D eigenvalue weighted by atomic mass is 9.36. The van der Waals surface area contributed by atoms with Gasteiger partial charge in [0.05, 0.1) is 11.4 Å². The summed E-state index contributed by atoms with van der Waals surface area (Å²) in [6.07, 6.45) is 5.62. The number of hydrogen-bond donors (Lipinski definition) is 0. The molecule has 0 spiro atoms. The molecule has 0 saturated carbocycles. The number of thiophene rings is 1. The van der Waals surface area contributed by atoms with Crippen LogP contribution in [0.1, 0.15) is 115 Å². The summed E-state index contributed by atoms with van der Waals surface area (Å²) >= 11 is 2.00. The molecule has 0 bridgehead atoms. The number of fused-ring (bicyclic) bond motifs is 7. The summed E-state index contributed by atoms with van der Waals surface area (Å²) in [7, 11) is 0. The van der Waals surface area contributed by atoms with E-state index in [0.717, 1.165) is 25.7 Å². The van der Waals surface area contributed by atoms with Gasteiger partial charge in [-0.3, -0.25) is 0 Å². The highest BCUT2D eigenvalue weighted by Crippen LogP contribution is 2.51. The zero-order chi connectivity index (χ0) is 41.9. The summed E-state index contributed by atoms with van der Waals surface area (Å²) in [5.41, 5.74) is 21.8. The molecule has 6 aromatic carbocycles. The molecule has 0 atom stereocenters. The van der Waals surface area contributed by atoms with E-state index in [2.05, 4.69) is 194 Å². The molecule has 60 heavy (non-hydrogen) atoms. The Morgan fingerprint density at radius 3 is 1.98 bits per heavy atom. The third kappa shape index (κ3) is 6.11. The van der Waals surface area contributed by atoms with E-state index >= 15 is 0 Å². The van der Waals surface area contributed by atoms with Crippen molar-refractivity contribution in [2.45, 2.75) is 118 Å². The molecule has 3 heterocycles. The molecule has 4 heteroatoms. The molecule has 10 rings (SSSR count). The number of rotatable bonds is 6. The van der Waals surface area contributed by atoms with E-state index in [1.807, 2.05) is 11.3 Å². The molecular weight excluding hydrogens is 744 g/mol. The Balaban J connectivity index is 1.31. The van der Waals surface area contributed by atoms with Gasteiger partial charge in [0.1, 0.15) is 0 Å². The molecule has 0 radical (unpaired) electrons. The summed E-state index contributed by atoms with van der Waals surface area (Å²) in [6.45, 7) is 23.6. The Hall–Kier alpha value is -5.06. The molecule has 0 amide bonds. The zero-order valence-electron chi connectivity index (χ0n) is 37.4. The van der Waals surface area contributed by atoms with Gasteiger partial charge in [-0.2, -0.15) is 0 Å². The third-order valence-electron chi connectivity index (χ3n) is 14.3. The van der Waals surface area contributed by atoms with E-state index in [1.165, 1.54) is 111 Å². The highest BCUT2D eigenvalue weighted by Gasteiger charge is 2.46. The van der Waals surface area contributed by atoms with Crippen molar-refractivity contribution in [1.29, 1.82) is 0 Å². The highest BCUT2D eigenvalue weighted by molar-refractivity contribution is 7.33. The topological polar surface area (TPSA) is 6.48 Å². The standard InChI is InChI=1S/C56H59BN2S/c1-11-35-22-27-40(28-23-35)58-48-20-15-21-49-51(48)57(53-52(58)44-33-38(55(6,7)8)26-31-50(44)60-53)45-34-39(56(9,10)12-2)25-30-47(45)59(49)46-29-24-37(54(3,4)5)32-43(46)42-19-14-17-36-16-13-18-41(36)42/h14-15,17,19-34H,11-13,16,18H2,1-10H3. The largest absolute Gasteiger partial charge is 0.311 e. The van der Waals surface area contributed by atoms with E-state index in [-0.39, 0.29) is 23.0 Å². The Morgan fingerprint density at radius 1 is 0.600 bits per heavy atom. The maximum atomic E-state index is 2.65. The Bertz CT molecular complexity index is 2830. The van der Waals surface area contributed by atoms with E-state index in [4.69, 9.17) is 0 Å². The van der Waals surface area contributed by atoms with Crippen LogP contribution in [-0.2, 0) is 35.5 Å². The normalized spacial score (nSPS) is 14.7. The maximum Gasteiger partial charge on any atom is 0.264 e. The van der Waals surface area contributed by atoms with Gasteiger partial charge >= 0.3 is 0 Å². The minimum Gasteiger partial charge on any atom is -0.311 e. The molecule has 302 valence electrons. The molecule has 7 aromatic rings. The quantitative estimate of drug-likeness (QED) is 0.155. The van der Waals surface area contributed by atoms with Crippen molar-refractivity contribution in [2.75, 3.05) is 9.80 Å². The fraction of sp³-hybridized carbons (Fsp3) is 0.321. The number of anilines is 6. The molecule has 3 aliphatic rings. The van der Waals surface area contributed by atoms with Crippen LogP contribution < -0.4 is 25.5 Å². The molecule has 0 saturated heterocycles. The van der Waals surface area contributed by atoms with Gasteiger partial charge in [-0.25, -0.2) is 0 Å². The van der Waals surface area contributed by atoms with Crippen LogP contribution in [0.5, 0.6) is 0 Å². The minimum absolute atomic E-state index is 0.0148. The number of aryl methyl sites for hydroxylation is 2. The summed E-state index contributed by atoms with van der Waals surface area (Å²) in [5.74, 6) is 0. The van der Waals surface area contributed by atoms with E-state index in [1.54, 1.807) is 0 Å². The summed E-state index contributed by atoms with van der Waals surface area (Å²) in [6, 6.07) is 45.7. The lowest BCUT2D eigenvalue weighted by Gasteiger charge is -2.44. The van der Waals surface area contributed by atoms with Gasteiger partial charge in [0.2, 0.25) is 0 Å². The lowest BCUT2D eigenvalue weighted by molar-refractivity contribution is 0.506. The second-order valence-corrected chi connectivity index (χ2v) is 21.5. The first-order valence-electron chi connectivity index (χ1n) is 22.5. The average Bonchev–Trinajstić information content (AvgIpc) is 3.88. The second kappa shape index (κ2) is 14.0. The summed E-state index contributed by atoms with van der Waals surface area (Å²) < 4.78 is 2.79. The van der Waals surface area contributed by atoms with Crippen LogP contribution in [0.3, 0.4) is 0 Å². The van der Waals surface area contributed by atoms with Gasteiger partial charge in [0.25, 0.3) is 6.71 Å². The molecule has 0 fully saturated rings. The first-order valence-corrected chi connectivity index (χ1v) is 23.3. The van der Waals surface area contributed by atoms with Crippen molar-refractivity contribution in [3.63, 3.8) is 0 Å². The van der Waals surface area contributed by atoms with Gasteiger partial charge in [-0.15, -0.1) is 11.3 Å². The van der Waals surface area contributed by atoms with Crippen molar-refractivity contribution in [2.24, 2.45) is 0 Å². The van der Waals surface area contributed by atoms with E-state index in [0.29, 0.717) is 0 Å². The number of nitrogens with zero attached hydrogens (tertiary/aromatic N) is 2. The van der Waals surface area contributed by atoms with Gasteiger partial charge in [0.15, 0.2) is 0 Å². The Labute approximate surface area is 363 Å². The van der Waals surface area contributed by atoms with E-state index in [9.17, 15) is 0 Å². The molecule has 1 aliphatic carbocycles. The lowest BCUT2D eigenvalue weighted by Crippen LogP contribution is -2.60. The van der Waals surface area contributed by atoms with Crippen molar-refractivity contribution in [1.82, 2.24) is 0 Å². The Kier molecular flexibility index (Phi) is 9.12. The molecule has 2 aliphatic heterocycles. The third-order valence-corrected chi connectivity index (χ3v) is 15.5. The monoisotopic (exact) mass is 802 g/mol. The fourth-order valence-corrected chi connectivity index (χ4v) is 11.5. The Morgan fingerprint density at radius 2 is 1.27 bits per heavy atom. The molecule has 0 N–H and O–H groups in total. The number of benzene rings is 6. The predicted octanol–water partition coefficient (Wildman–Crippen LogP) is 14.0. The minimum atomic E-state index is 0.0148. The van der Waals surface area contributed by atoms with Crippen molar-refractivity contribution in [3.05, 3.63) is 149 Å². The molecular formula is C56H59BN2S. The van der Waals surface area contributed by atoms with Crippen LogP contribution in [0.4, 0.5) is 34.1 Å². The van der Waals surface area contributed by atoms with Crippen molar-refractivity contribution < 1.29 is 0 Å². The van der Waals surface area contributed by atoms with E-state index < -0.39 is 0 Å².